The molecule has 0 rings (SSSR count). The normalized spacial score (nSPS) is 10.2. The first-order valence-electron chi connectivity index (χ1n) is 5.13. The van der Waals surface area contributed by atoms with Gasteiger partial charge in [-0.15, -0.1) is 0 Å². The molecule has 0 aromatic rings. The summed E-state index contributed by atoms with van der Waals surface area (Å²) in [6.45, 7) is 3.76. The van der Waals surface area contributed by atoms with Gasteiger partial charge in [-0.3, -0.25) is 0 Å². The Hall–Kier alpha value is -0.150. The number of nitrogens with two attached hydrogens (primary N) is 1. The lowest BCUT2D eigenvalue weighted by atomic mass is 10.2. The van der Waals surface area contributed by atoms with Gasteiger partial charge in [0, 0.05) is 13.0 Å². The minimum atomic E-state index is 0.547. The van der Waals surface area contributed by atoms with Crippen molar-refractivity contribution < 1.29 is 4.74 Å². The first-order valence-corrected chi connectivity index (χ1v) is 5.54. The molecular formula is C10H21NOS. The third-order valence-corrected chi connectivity index (χ3v) is 2.09. The lowest BCUT2D eigenvalue weighted by Gasteiger charge is -2.02. The van der Waals surface area contributed by atoms with Gasteiger partial charge < -0.3 is 10.5 Å². The SMILES string of the molecule is CCCCCCCOCCC(N)=S. The monoisotopic (exact) mass is 203 g/mol. The molecule has 2 N–H and O–H groups in total. The van der Waals surface area contributed by atoms with E-state index < -0.39 is 0 Å². The van der Waals surface area contributed by atoms with Crippen LogP contribution in [-0.4, -0.2) is 18.2 Å². The highest BCUT2D eigenvalue weighted by Gasteiger charge is 1.91. The quantitative estimate of drug-likeness (QED) is 0.462. The van der Waals surface area contributed by atoms with Gasteiger partial charge in [-0.25, -0.2) is 0 Å². The van der Waals surface area contributed by atoms with Gasteiger partial charge in [0.25, 0.3) is 0 Å². The molecule has 2 nitrogen and oxygen atoms in total. The van der Waals surface area contributed by atoms with E-state index in [4.69, 9.17) is 22.7 Å². The molecule has 0 radical (unpaired) electrons. The van der Waals surface area contributed by atoms with Crippen LogP contribution in [0, 0.1) is 0 Å². The van der Waals surface area contributed by atoms with Crippen LogP contribution in [0.1, 0.15) is 45.4 Å². The highest BCUT2D eigenvalue weighted by Crippen LogP contribution is 2.02. The molecule has 0 aliphatic carbocycles. The smallest absolute Gasteiger partial charge is 0.0750 e. The van der Waals surface area contributed by atoms with E-state index in [9.17, 15) is 0 Å². The van der Waals surface area contributed by atoms with E-state index in [0.29, 0.717) is 18.0 Å². The van der Waals surface area contributed by atoms with Crippen molar-refractivity contribution in [3.63, 3.8) is 0 Å². The Balaban J connectivity index is 2.87. The number of ether oxygens (including phenoxy) is 1. The van der Waals surface area contributed by atoms with Crippen LogP contribution in [0.25, 0.3) is 0 Å². The van der Waals surface area contributed by atoms with Gasteiger partial charge in [0.2, 0.25) is 0 Å². The Morgan fingerprint density at radius 3 is 2.46 bits per heavy atom. The molecular weight excluding hydrogens is 182 g/mol. The molecule has 0 aliphatic rings. The van der Waals surface area contributed by atoms with Crippen molar-refractivity contribution >= 4 is 17.2 Å². The van der Waals surface area contributed by atoms with Gasteiger partial charge in [-0.1, -0.05) is 44.8 Å². The molecule has 0 fully saturated rings. The molecule has 13 heavy (non-hydrogen) atoms. The zero-order valence-electron chi connectivity index (χ0n) is 8.55. The molecule has 0 aromatic carbocycles. The summed E-state index contributed by atoms with van der Waals surface area (Å²) in [7, 11) is 0. The maximum absolute atomic E-state index is 5.36. The van der Waals surface area contributed by atoms with Crippen molar-refractivity contribution in [3.05, 3.63) is 0 Å². The standard InChI is InChI=1S/C10H21NOS/c1-2-3-4-5-6-8-12-9-7-10(11)13/h2-9H2,1H3,(H2,11,13). The van der Waals surface area contributed by atoms with E-state index in [1.807, 2.05) is 0 Å². The minimum Gasteiger partial charge on any atom is -0.393 e. The van der Waals surface area contributed by atoms with Gasteiger partial charge in [0.05, 0.1) is 11.6 Å². The highest BCUT2D eigenvalue weighted by molar-refractivity contribution is 7.80. The molecule has 0 heterocycles. The number of rotatable bonds is 9. The number of thiocarbonyl (C=S) groups is 1. The van der Waals surface area contributed by atoms with Crippen LogP contribution in [0.3, 0.4) is 0 Å². The molecule has 0 saturated heterocycles. The van der Waals surface area contributed by atoms with E-state index in [1.54, 1.807) is 0 Å². The molecule has 0 unspecified atom stereocenters. The summed E-state index contributed by atoms with van der Waals surface area (Å²) in [6, 6.07) is 0. The molecule has 0 saturated carbocycles. The average molecular weight is 203 g/mol. The highest BCUT2D eigenvalue weighted by atomic mass is 32.1. The van der Waals surface area contributed by atoms with Crippen LogP contribution in [0.4, 0.5) is 0 Å². The molecule has 78 valence electrons. The molecule has 3 heteroatoms. The van der Waals surface area contributed by atoms with Gasteiger partial charge in [-0.05, 0) is 6.42 Å². The number of unbranched alkanes of at least 4 members (excludes halogenated alkanes) is 4. The van der Waals surface area contributed by atoms with Crippen LogP contribution in [-0.2, 0) is 4.74 Å². The van der Waals surface area contributed by atoms with E-state index in [-0.39, 0.29) is 0 Å². The second-order valence-electron chi connectivity index (χ2n) is 3.24. The van der Waals surface area contributed by atoms with Gasteiger partial charge in [0.1, 0.15) is 0 Å². The van der Waals surface area contributed by atoms with Crippen molar-refractivity contribution in [2.45, 2.75) is 45.4 Å². The average Bonchev–Trinajstić information content (AvgIpc) is 2.09. The van der Waals surface area contributed by atoms with Crippen LogP contribution < -0.4 is 5.73 Å². The Morgan fingerprint density at radius 1 is 1.15 bits per heavy atom. The molecule has 0 aliphatic heterocycles. The van der Waals surface area contributed by atoms with Gasteiger partial charge in [0.15, 0.2) is 0 Å². The first kappa shape index (κ1) is 12.8. The lowest BCUT2D eigenvalue weighted by molar-refractivity contribution is 0.137. The maximum Gasteiger partial charge on any atom is 0.0750 e. The van der Waals surface area contributed by atoms with Crippen LogP contribution >= 0.6 is 12.2 Å². The van der Waals surface area contributed by atoms with Gasteiger partial charge in [-0.2, -0.15) is 0 Å². The molecule has 0 atom stereocenters. The van der Waals surface area contributed by atoms with Gasteiger partial charge >= 0.3 is 0 Å². The van der Waals surface area contributed by atoms with E-state index >= 15 is 0 Å². The van der Waals surface area contributed by atoms with Crippen molar-refractivity contribution in [1.82, 2.24) is 0 Å². The molecule has 0 spiro atoms. The van der Waals surface area contributed by atoms with Crippen molar-refractivity contribution in [2.24, 2.45) is 5.73 Å². The Bertz CT molecular complexity index is 128. The Kier molecular flexibility index (Phi) is 9.82. The second kappa shape index (κ2) is 9.93. The molecule has 0 aromatic heterocycles. The summed E-state index contributed by atoms with van der Waals surface area (Å²) >= 11 is 4.73. The van der Waals surface area contributed by atoms with E-state index in [0.717, 1.165) is 13.0 Å². The Morgan fingerprint density at radius 2 is 1.85 bits per heavy atom. The largest absolute Gasteiger partial charge is 0.393 e. The fraction of sp³-hybridized carbons (Fsp3) is 0.900. The van der Waals surface area contributed by atoms with Crippen LogP contribution in [0.5, 0.6) is 0 Å². The number of hydrogen-bond acceptors (Lipinski definition) is 2. The topological polar surface area (TPSA) is 35.2 Å². The third-order valence-electron chi connectivity index (χ3n) is 1.89. The summed E-state index contributed by atoms with van der Waals surface area (Å²) in [5.41, 5.74) is 5.32. The first-order chi connectivity index (χ1) is 6.27. The minimum absolute atomic E-state index is 0.547. The number of hydrogen-bond donors (Lipinski definition) is 1. The molecule has 0 amide bonds. The lowest BCUT2D eigenvalue weighted by Crippen LogP contribution is -2.11. The summed E-state index contributed by atoms with van der Waals surface area (Å²) in [6.07, 6.45) is 7.12. The Labute approximate surface area is 86.8 Å². The summed E-state index contributed by atoms with van der Waals surface area (Å²) < 4.78 is 5.36. The predicted octanol–water partition coefficient (Wildman–Crippen LogP) is 2.65. The molecule has 0 bridgehead atoms. The third kappa shape index (κ3) is 11.9. The zero-order valence-corrected chi connectivity index (χ0v) is 9.37. The van der Waals surface area contributed by atoms with E-state index in [2.05, 4.69) is 6.92 Å². The maximum atomic E-state index is 5.36. The fourth-order valence-corrected chi connectivity index (χ4v) is 1.17. The summed E-state index contributed by atoms with van der Waals surface area (Å²) in [4.78, 5) is 0.547. The van der Waals surface area contributed by atoms with Crippen LogP contribution in [0.15, 0.2) is 0 Å². The van der Waals surface area contributed by atoms with Crippen molar-refractivity contribution in [3.8, 4) is 0 Å². The second-order valence-corrected chi connectivity index (χ2v) is 3.77. The zero-order chi connectivity index (χ0) is 9.94. The fourth-order valence-electron chi connectivity index (χ4n) is 1.08. The van der Waals surface area contributed by atoms with Crippen LogP contribution in [0.2, 0.25) is 0 Å². The van der Waals surface area contributed by atoms with Crippen molar-refractivity contribution in [1.29, 1.82) is 0 Å². The predicted molar refractivity (Wildman–Crippen MR) is 61.0 cm³/mol. The summed E-state index contributed by atoms with van der Waals surface area (Å²) in [5.74, 6) is 0. The summed E-state index contributed by atoms with van der Waals surface area (Å²) in [5, 5.41) is 0. The van der Waals surface area contributed by atoms with E-state index in [1.165, 1.54) is 25.7 Å². The van der Waals surface area contributed by atoms with Crippen molar-refractivity contribution in [2.75, 3.05) is 13.2 Å².